The van der Waals surface area contributed by atoms with E-state index in [1.165, 1.54) is 31.2 Å². The van der Waals surface area contributed by atoms with Gasteiger partial charge < -0.3 is 0 Å². The summed E-state index contributed by atoms with van der Waals surface area (Å²) in [6.45, 7) is 2.33. The zero-order valence-corrected chi connectivity index (χ0v) is 13.0. The fraction of sp³-hybridized carbons (Fsp3) is 0.368. The molecule has 0 heterocycles. The summed E-state index contributed by atoms with van der Waals surface area (Å²) in [7, 11) is 0. The zero-order valence-electron chi connectivity index (χ0n) is 12.3. The Morgan fingerprint density at radius 2 is 1.62 bits per heavy atom. The minimum absolute atomic E-state index is 0.179. The van der Waals surface area contributed by atoms with E-state index in [1.54, 1.807) is 18.2 Å². The molecule has 0 saturated heterocycles. The number of benzene rings is 2. The van der Waals surface area contributed by atoms with Crippen LogP contribution in [-0.2, 0) is 0 Å². The second kappa shape index (κ2) is 6.19. The first-order valence-electron chi connectivity index (χ1n) is 7.69. The van der Waals surface area contributed by atoms with E-state index >= 15 is 0 Å². The van der Waals surface area contributed by atoms with Gasteiger partial charge >= 0.3 is 0 Å². The third-order valence-electron chi connectivity index (χ3n) is 4.66. The highest BCUT2D eigenvalue weighted by Gasteiger charge is 2.19. The molecule has 3 rings (SSSR count). The van der Waals surface area contributed by atoms with Crippen LogP contribution < -0.4 is 0 Å². The van der Waals surface area contributed by atoms with Gasteiger partial charge in [0.1, 0.15) is 5.82 Å². The second-order valence-corrected chi connectivity index (χ2v) is 6.59. The number of halogens is 2. The summed E-state index contributed by atoms with van der Waals surface area (Å²) in [4.78, 5) is 0. The lowest BCUT2D eigenvalue weighted by Crippen LogP contribution is -2.10. The Balaban J connectivity index is 1.82. The van der Waals surface area contributed by atoms with E-state index in [2.05, 4.69) is 19.1 Å². The Bertz CT molecular complexity index is 610. The molecular formula is C19H20ClF. The molecule has 0 nitrogen and oxygen atoms in total. The van der Waals surface area contributed by atoms with E-state index in [9.17, 15) is 4.39 Å². The first-order chi connectivity index (χ1) is 10.1. The molecule has 2 aromatic rings. The molecule has 0 aromatic heterocycles. The lowest BCUT2D eigenvalue weighted by molar-refractivity contribution is 0.348. The molecule has 2 heteroatoms. The van der Waals surface area contributed by atoms with Crippen LogP contribution in [0.15, 0.2) is 42.5 Å². The van der Waals surface area contributed by atoms with E-state index in [4.69, 9.17) is 11.6 Å². The largest absolute Gasteiger partial charge is 0.205 e. The van der Waals surface area contributed by atoms with Gasteiger partial charge in [0.25, 0.3) is 0 Å². The van der Waals surface area contributed by atoms with Crippen molar-refractivity contribution in [2.75, 3.05) is 0 Å². The van der Waals surface area contributed by atoms with Gasteiger partial charge in [0, 0.05) is 5.56 Å². The number of hydrogen-bond donors (Lipinski definition) is 0. The molecular weight excluding hydrogens is 283 g/mol. The van der Waals surface area contributed by atoms with Gasteiger partial charge in [0.05, 0.1) is 5.02 Å². The van der Waals surface area contributed by atoms with Crippen LogP contribution in [-0.4, -0.2) is 0 Å². The molecule has 110 valence electrons. The van der Waals surface area contributed by atoms with Crippen molar-refractivity contribution in [2.45, 2.75) is 38.5 Å². The van der Waals surface area contributed by atoms with Gasteiger partial charge in [-0.3, -0.25) is 0 Å². The molecule has 0 aliphatic heterocycles. The molecule has 0 unspecified atom stereocenters. The van der Waals surface area contributed by atoms with Crippen molar-refractivity contribution < 1.29 is 4.39 Å². The molecule has 0 spiro atoms. The Kier molecular flexibility index (Phi) is 4.30. The van der Waals surface area contributed by atoms with Crippen molar-refractivity contribution in [3.8, 4) is 11.1 Å². The monoisotopic (exact) mass is 302 g/mol. The maximum absolute atomic E-state index is 14.1. The fourth-order valence-electron chi connectivity index (χ4n) is 3.26. The molecule has 2 aromatic carbocycles. The minimum Gasteiger partial charge on any atom is -0.205 e. The molecule has 21 heavy (non-hydrogen) atoms. The summed E-state index contributed by atoms with van der Waals surface area (Å²) in [6, 6.07) is 13.5. The predicted molar refractivity (Wildman–Crippen MR) is 87.2 cm³/mol. The molecule has 0 bridgehead atoms. The second-order valence-electron chi connectivity index (χ2n) is 6.18. The maximum atomic E-state index is 14.1. The van der Waals surface area contributed by atoms with Gasteiger partial charge in [-0.05, 0) is 41.9 Å². The number of rotatable bonds is 2. The first kappa shape index (κ1) is 14.6. The van der Waals surface area contributed by atoms with E-state index in [0.29, 0.717) is 11.5 Å². The van der Waals surface area contributed by atoms with Crippen LogP contribution in [0.1, 0.15) is 44.1 Å². The smallest absolute Gasteiger partial charge is 0.149 e. The average Bonchev–Trinajstić information content (AvgIpc) is 2.51. The molecule has 0 atom stereocenters. The topological polar surface area (TPSA) is 0 Å². The summed E-state index contributed by atoms with van der Waals surface area (Å²) in [5.41, 5.74) is 2.85. The van der Waals surface area contributed by atoms with Crippen LogP contribution in [0.5, 0.6) is 0 Å². The Hall–Kier alpha value is -1.34. The predicted octanol–water partition coefficient (Wildman–Crippen LogP) is 6.44. The van der Waals surface area contributed by atoms with Gasteiger partial charge in [-0.15, -0.1) is 0 Å². The van der Waals surface area contributed by atoms with Crippen molar-refractivity contribution in [1.29, 1.82) is 0 Å². The minimum atomic E-state index is -0.335. The lowest BCUT2D eigenvalue weighted by Gasteiger charge is -2.26. The molecule has 1 aliphatic rings. The van der Waals surface area contributed by atoms with Crippen LogP contribution in [0.3, 0.4) is 0 Å². The fourth-order valence-corrected chi connectivity index (χ4v) is 3.43. The summed E-state index contributed by atoms with van der Waals surface area (Å²) < 4.78 is 14.1. The van der Waals surface area contributed by atoms with Gasteiger partial charge in [0.2, 0.25) is 0 Å². The Morgan fingerprint density at radius 1 is 0.952 bits per heavy atom. The summed E-state index contributed by atoms with van der Waals surface area (Å²) in [5, 5.41) is 0.179. The zero-order chi connectivity index (χ0) is 14.8. The van der Waals surface area contributed by atoms with E-state index in [-0.39, 0.29) is 10.8 Å². The van der Waals surface area contributed by atoms with Crippen molar-refractivity contribution in [3.63, 3.8) is 0 Å². The molecule has 0 N–H and O–H groups in total. The lowest BCUT2D eigenvalue weighted by atomic mass is 9.79. The highest BCUT2D eigenvalue weighted by Crippen LogP contribution is 2.36. The van der Waals surface area contributed by atoms with Crippen molar-refractivity contribution >= 4 is 11.6 Å². The Labute approximate surface area is 131 Å². The summed E-state index contributed by atoms with van der Waals surface area (Å²) in [5.74, 6) is 1.19. The number of hydrogen-bond acceptors (Lipinski definition) is 0. The normalized spacial score (nSPS) is 22.2. The highest BCUT2D eigenvalue weighted by molar-refractivity contribution is 6.31. The van der Waals surface area contributed by atoms with Crippen LogP contribution >= 0.6 is 11.6 Å². The third kappa shape index (κ3) is 3.13. The maximum Gasteiger partial charge on any atom is 0.149 e. The van der Waals surface area contributed by atoms with E-state index in [1.807, 2.05) is 12.1 Å². The highest BCUT2D eigenvalue weighted by atomic mass is 35.5. The molecule has 0 amide bonds. The quantitative estimate of drug-likeness (QED) is 0.599. The van der Waals surface area contributed by atoms with Crippen LogP contribution in [0, 0.1) is 11.7 Å². The molecule has 0 radical (unpaired) electrons. The van der Waals surface area contributed by atoms with Crippen molar-refractivity contribution in [3.05, 3.63) is 58.9 Å². The van der Waals surface area contributed by atoms with Crippen LogP contribution in [0.25, 0.3) is 11.1 Å². The van der Waals surface area contributed by atoms with Gasteiger partial charge in [-0.25, -0.2) is 4.39 Å². The van der Waals surface area contributed by atoms with Gasteiger partial charge in [-0.1, -0.05) is 67.8 Å². The van der Waals surface area contributed by atoms with Crippen molar-refractivity contribution in [2.24, 2.45) is 5.92 Å². The van der Waals surface area contributed by atoms with Crippen LogP contribution in [0.2, 0.25) is 5.02 Å². The average molecular weight is 303 g/mol. The molecule has 1 fully saturated rings. The van der Waals surface area contributed by atoms with Crippen molar-refractivity contribution in [1.82, 2.24) is 0 Å². The van der Waals surface area contributed by atoms with E-state index < -0.39 is 0 Å². The summed E-state index contributed by atoms with van der Waals surface area (Å²) >= 11 is 5.86. The first-order valence-corrected chi connectivity index (χ1v) is 8.07. The molecule has 1 saturated carbocycles. The van der Waals surface area contributed by atoms with Crippen LogP contribution in [0.4, 0.5) is 4.39 Å². The third-order valence-corrected chi connectivity index (χ3v) is 4.95. The Morgan fingerprint density at radius 3 is 2.29 bits per heavy atom. The molecule has 1 aliphatic carbocycles. The SMILES string of the molecule is CC1CCC(c2ccc(-c3cccc(Cl)c3F)cc2)CC1. The standard InChI is InChI=1S/C19H20ClF/c1-13-5-7-14(8-6-13)15-9-11-16(12-10-15)17-3-2-4-18(20)19(17)21/h2-4,9-14H,5-8H2,1H3. The van der Waals surface area contributed by atoms with Gasteiger partial charge in [-0.2, -0.15) is 0 Å². The summed E-state index contributed by atoms with van der Waals surface area (Å²) in [6.07, 6.45) is 5.17. The van der Waals surface area contributed by atoms with Gasteiger partial charge in [0.15, 0.2) is 0 Å². The van der Waals surface area contributed by atoms with E-state index in [0.717, 1.165) is 11.5 Å².